The van der Waals surface area contributed by atoms with Crippen molar-refractivity contribution in [2.75, 3.05) is 23.3 Å². The molecule has 1 amide bonds. The van der Waals surface area contributed by atoms with E-state index in [4.69, 9.17) is 16.0 Å². The van der Waals surface area contributed by atoms with Gasteiger partial charge in [0.05, 0.1) is 6.26 Å². The number of rotatable bonds is 5. The fourth-order valence-electron chi connectivity index (χ4n) is 2.83. The van der Waals surface area contributed by atoms with Crippen molar-refractivity contribution < 1.29 is 9.21 Å². The average Bonchev–Trinajstić information content (AvgIpc) is 3.23. The van der Waals surface area contributed by atoms with Crippen LogP contribution in [0.2, 0.25) is 5.02 Å². The highest BCUT2D eigenvalue weighted by atomic mass is 35.5. The number of carbonyl (C=O) groups excluding carboxylic acids is 1. The van der Waals surface area contributed by atoms with Crippen LogP contribution >= 0.6 is 11.6 Å². The van der Waals surface area contributed by atoms with Crippen LogP contribution in [0, 0.1) is 0 Å². The highest BCUT2D eigenvalue weighted by molar-refractivity contribution is 6.30. The number of hydrogen-bond donors (Lipinski definition) is 1. The molecule has 1 aliphatic rings. The molecule has 0 radical (unpaired) electrons. The molecular weight excluding hydrogens is 382 g/mol. The molecule has 1 aliphatic heterocycles. The Morgan fingerprint density at radius 2 is 2.11 bits per heavy atom. The van der Waals surface area contributed by atoms with E-state index in [-0.39, 0.29) is 12.5 Å². The van der Waals surface area contributed by atoms with Crippen molar-refractivity contribution in [3.63, 3.8) is 0 Å². The number of furan rings is 1. The zero-order chi connectivity index (χ0) is 19.1. The zero-order valence-electron chi connectivity index (χ0n) is 14.5. The van der Waals surface area contributed by atoms with E-state index in [0.717, 1.165) is 13.1 Å². The van der Waals surface area contributed by atoms with Crippen LogP contribution in [0.1, 0.15) is 0 Å². The molecule has 0 saturated carbocycles. The van der Waals surface area contributed by atoms with Gasteiger partial charge in [-0.05, 0) is 30.3 Å². The third-order valence-corrected chi connectivity index (χ3v) is 4.47. The minimum atomic E-state index is -0.263. The quantitative estimate of drug-likeness (QED) is 0.518. The lowest BCUT2D eigenvalue weighted by molar-refractivity contribution is -0.116. The van der Waals surface area contributed by atoms with E-state index < -0.39 is 0 Å². The number of fused-ring (bicyclic) bond motifs is 1. The lowest BCUT2D eigenvalue weighted by Crippen LogP contribution is -2.20. The molecule has 0 bridgehead atoms. The predicted molar refractivity (Wildman–Crippen MR) is 103 cm³/mol. The Morgan fingerprint density at radius 1 is 1.21 bits per heavy atom. The first-order valence-electron chi connectivity index (χ1n) is 8.63. The fraction of sp³-hybridized carbons (Fsp3) is 0.167. The summed E-state index contributed by atoms with van der Waals surface area (Å²) in [7, 11) is 0. The lowest BCUT2D eigenvalue weighted by atomic mass is 10.3. The van der Waals surface area contributed by atoms with E-state index in [1.165, 1.54) is 4.68 Å². The van der Waals surface area contributed by atoms with Gasteiger partial charge in [-0.25, -0.2) is 9.67 Å². The number of amides is 1. The maximum absolute atomic E-state index is 12.5. The Morgan fingerprint density at radius 3 is 2.86 bits per heavy atom. The summed E-state index contributed by atoms with van der Waals surface area (Å²) in [5.41, 5.74) is 2.12. The molecule has 4 aromatic rings. The molecule has 1 saturated heterocycles. The molecule has 0 spiro atoms. The molecule has 0 unspecified atom stereocenters. The molecule has 5 rings (SSSR count). The van der Waals surface area contributed by atoms with Crippen LogP contribution < -0.4 is 10.2 Å². The number of nitrogens with one attached hydrogen (secondary N) is 1. The molecule has 1 aromatic carbocycles. The van der Waals surface area contributed by atoms with Crippen molar-refractivity contribution >= 4 is 40.3 Å². The first kappa shape index (κ1) is 16.7. The molecule has 4 heterocycles. The van der Waals surface area contributed by atoms with Crippen molar-refractivity contribution in [3.05, 3.63) is 47.7 Å². The van der Waals surface area contributed by atoms with Gasteiger partial charge in [0.2, 0.25) is 11.9 Å². The van der Waals surface area contributed by atoms with Crippen LogP contribution in [-0.4, -0.2) is 44.0 Å². The summed E-state index contributed by atoms with van der Waals surface area (Å²) in [6.07, 6.45) is 1.57. The molecule has 1 N–H and O–H groups in total. The van der Waals surface area contributed by atoms with Crippen LogP contribution in [0.25, 0.3) is 22.6 Å². The topological polar surface area (TPSA) is 102 Å². The Bertz CT molecular complexity index is 1170. The van der Waals surface area contributed by atoms with Gasteiger partial charge in [-0.2, -0.15) is 4.98 Å². The maximum Gasteiger partial charge on any atom is 0.246 e. The van der Waals surface area contributed by atoms with Crippen LogP contribution in [0.4, 0.5) is 11.6 Å². The van der Waals surface area contributed by atoms with Crippen LogP contribution in [0.5, 0.6) is 0 Å². The maximum atomic E-state index is 12.5. The number of halogens is 1. The normalized spacial score (nSPS) is 13.1. The Hall–Kier alpha value is -3.46. The molecule has 9 nitrogen and oxygen atoms in total. The number of benzene rings is 1. The van der Waals surface area contributed by atoms with Crippen molar-refractivity contribution in [2.45, 2.75) is 6.54 Å². The summed E-state index contributed by atoms with van der Waals surface area (Å²) < 4.78 is 6.94. The highest BCUT2D eigenvalue weighted by Gasteiger charge is 2.26. The Labute approximate surface area is 163 Å². The van der Waals surface area contributed by atoms with Gasteiger partial charge >= 0.3 is 0 Å². The van der Waals surface area contributed by atoms with Gasteiger partial charge in [-0.1, -0.05) is 22.9 Å². The van der Waals surface area contributed by atoms with E-state index >= 15 is 0 Å². The predicted octanol–water partition coefficient (Wildman–Crippen LogP) is 2.59. The summed E-state index contributed by atoms with van der Waals surface area (Å²) in [5.74, 6) is 0.879. The fourth-order valence-corrected chi connectivity index (χ4v) is 3.02. The smallest absolute Gasteiger partial charge is 0.246 e. The van der Waals surface area contributed by atoms with Crippen LogP contribution in [0.15, 0.2) is 47.1 Å². The van der Waals surface area contributed by atoms with Gasteiger partial charge < -0.3 is 14.6 Å². The molecule has 0 atom stereocenters. The summed E-state index contributed by atoms with van der Waals surface area (Å²) in [5, 5.41) is 11.6. The number of aromatic nitrogens is 5. The molecular formula is C18H14ClN7O2. The minimum absolute atomic E-state index is 0.0446. The summed E-state index contributed by atoms with van der Waals surface area (Å²) in [6, 6.07) is 10.5. The molecule has 0 aliphatic carbocycles. The second kappa shape index (κ2) is 6.61. The summed E-state index contributed by atoms with van der Waals surface area (Å²) in [4.78, 5) is 23.6. The Balaban J connectivity index is 1.49. The molecule has 28 heavy (non-hydrogen) atoms. The van der Waals surface area contributed by atoms with Gasteiger partial charge in [-0.3, -0.25) is 4.79 Å². The summed E-state index contributed by atoms with van der Waals surface area (Å²) >= 11 is 5.96. The van der Waals surface area contributed by atoms with Crippen molar-refractivity contribution in [1.29, 1.82) is 0 Å². The average molecular weight is 396 g/mol. The van der Waals surface area contributed by atoms with E-state index in [1.807, 2.05) is 4.90 Å². The van der Waals surface area contributed by atoms with E-state index in [9.17, 15) is 4.79 Å². The molecule has 3 aromatic heterocycles. The zero-order valence-corrected chi connectivity index (χ0v) is 15.3. The van der Waals surface area contributed by atoms with Crippen molar-refractivity contribution in [1.82, 2.24) is 25.0 Å². The Kier molecular flexibility index (Phi) is 3.94. The van der Waals surface area contributed by atoms with Crippen molar-refractivity contribution in [3.8, 4) is 11.5 Å². The molecule has 140 valence electrons. The second-order valence-corrected chi connectivity index (χ2v) is 6.75. The monoisotopic (exact) mass is 395 g/mol. The first-order valence-corrected chi connectivity index (χ1v) is 9.01. The third kappa shape index (κ3) is 3.16. The van der Waals surface area contributed by atoms with E-state index in [2.05, 4.69) is 25.6 Å². The van der Waals surface area contributed by atoms with Gasteiger partial charge in [0.15, 0.2) is 16.9 Å². The first-order chi connectivity index (χ1) is 13.7. The van der Waals surface area contributed by atoms with Crippen LogP contribution in [-0.2, 0) is 11.3 Å². The molecule has 10 heteroatoms. The SMILES string of the molecule is O=C(Cn1nnc2c(-c3ccco3)nc(N3CC3)nc21)Nc1cccc(Cl)c1. The van der Waals surface area contributed by atoms with Crippen LogP contribution in [0.3, 0.4) is 0 Å². The van der Waals surface area contributed by atoms with Gasteiger partial charge in [0.25, 0.3) is 0 Å². The number of nitrogens with zero attached hydrogens (tertiary/aromatic N) is 6. The summed E-state index contributed by atoms with van der Waals surface area (Å²) in [6.45, 7) is 1.73. The number of anilines is 2. The number of carbonyl (C=O) groups is 1. The third-order valence-electron chi connectivity index (χ3n) is 4.24. The molecule has 1 fully saturated rings. The van der Waals surface area contributed by atoms with Crippen molar-refractivity contribution in [2.24, 2.45) is 0 Å². The highest BCUT2D eigenvalue weighted by Crippen LogP contribution is 2.28. The van der Waals surface area contributed by atoms with Gasteiger partial charge in [-0.15, -0.1) is 5.10 Å². The second-order valence-electron chi connectivity index (χ2n) is 6.31. The van der Waals surface area contributed by atoms with Gasteiger partial charge in [0.1, 0.15) is 12.2 Å². The standard InChI is InChI=1S/C18H14ClN7O2/c19-11-3-1-4-12(9-11)20-14(27)10-26-17-16(23-24-26)15(13-5-2-8-28-13)21-18(22-17)25-6-7-25/h1-5,8-9H,6-7,10H2,(H,20,27). The largest absolute Gasteiger partial charge is 0.463 e. The van der Waals surface area contributed by atoms with E-state index in [1.54, 1.807) is 42.7 Å². The minimum Gasteiger partial charge on any atom is -0.463 e. The number of hydrogen-bond acceptors (Lipinski definition) is 7. The van der Waals surface area contributed by atoms with E-state index in [0.29, 0.717) is 39.3 Å². The lowest BCUT2D eigenvalue weighted by Gasteiger charge is -2.07. The van der Waals surface area contributed by atoms with Gasteiger partial charge in [0, 0.05) is 23.8 Å².